The minimum atomic E-state index is 0.00809. The molecular formula is C23H26N4O2S. The van der Waals surface area contributed by atoms with Crippen molar-refractivity contribution in [3.05, 3.63) is 62.0 Å². The summed E-state index contributed by atoms with van der Waals surface area (Å²) in [7, 11) is 0. The number of amides is 1. The molecular weight excluding hydrogens is 396 g/mol. The number of nitrogens with one attached hydrogen (secondary N) is 2. The maximum atomic E-state index is 12.6. The SMILES string of the molecule is Cc1ccccc1C(=O)NC1CCN(Cc2nc3sc4c(c3c(=O)[nH]2)CCC4)CC1. The summed E-state index contributed by atoms with van der Waals surface area (Å²) < 4.78 is 0. The van der Waals surface area contributed by atoms with Crippen LogP contribution in [0.5, 0.6) is 0 Å². The molecule has 0 radical (unpaired) electrons. The van der Waals surface area contributed by atoms with Crippen LogP contribution in [0.25, 0.3) is 10.2 Å². The number of hydrogen-bond acceptors (Lipinski definition) is 5. The quantitative estimate of drug-likeness (QED) is 0.677. The van der Waals surface area contributed by atoms with E-state index in [9.17, 15) is 9.59 Å². The van der Waals surface area contributed by atoms with E-state index in [1.54, 1.807) is 11.3 Å². The highest BCUT2D eigenvalue weighted by Crippen LogP contribution is 2.34. The van der Waals surface area contributed by atoms with Gasteiger partial charge in [0.2, 0.25) is 0 Å². The van der Waals surface area contributed by atoms with Gasteiger partial charge in [-0.15, -0.1) is 11.3 Å². The maximum Gasteiger partial charge on any atom is 0.259 e. The molecule has 1 amide bonds. The van der Waals surface area contributed by atoms with E-state index in [-0.39, 0.29) is 17.5 Å². The molecule has 2 N–H and O–H groups in total. The molecule has 1 fully saturated rings. The number of carbonyl (C=O) groups is 1. The average Bonchev–Trinajstić information content (AvgIpc) is 3.30. The van der Waals surface area contributed by atoms with Crippen LogP contribution in [0.4, 0.5) is 0 Å². The molecule has 156 valence electrons. The van der Waals surface area contributed by atoms with E-state index in [1.807, 2.05) is 31.2 Å². The van der Waals surface area contributed by atoms with Gasteiger partial charge in [-0.3, -0.25) is 14.5 Å². The van der Waals surface area contributed by atoms with Crippen molar-refractivity contribution in [3.8, 4) is 0 Å². The molecule has 30 heavy (non-hydrogen) atoms. The van der Waals surface area contributed by atoms with Crippen LogP contribution in [-0.4, -0.2) is 39.9 Å². The van der Waals surface area contributed by atoms with Gasteiger partial charge in [0.1, 0.15) is 10.7 Å². The van der Waals surface area contributed by atoms with Gasteiger partial charge >= 0.3 is 0 Å². The van der Waals surface area contributed by atoms with Gasteiger partial charge in [-0.2, -0.15) is 0 Å². The van der Waals surface area contributed by atoms with Gasteiger partial charge in [-0.05, 0) is 56.2 Å². The van der Waals surface area contributed by atoms with Crippen LogP contribution in [0.1, 0.15) is 51.4 Å². The molecule has 6 nitrogen and oxygen atoms in total. The van der Waals surface area contributed by atoms with Crippen molar-refractivity contribution in [1.29, 1.82) is 0 Å². The van der Waals surface area contributed by atoms with Crippen LogP contribution < -0.4 is 10.9 Å². The third-order valence-electron chi connectivity index (χ3n) is 6.31. The second-order valence-electron chi connectivity index (χ2n) is 8.39. The number of benzene rings is 1. The van der Waals surface area contributed by atoms with Crippen LogP contribution in [0, 0.1) is 6.92 Å². The number of H-pyrrole nitrogens is 1. The van der Waals surface area contributed by atoms with Crippen LogP contribution in [0.2, 0.25) is 0 Å². The van der Waals surface area contributed by atoms with Crippen molar-refractivity contribution in [2.24, 2.45) is 0 Å². The number of nitrogens with zero attached hydrogens (tertiary/aromatic N) is 2. The monoisotopic (exact) mass is 422 g/mol. The molecule has 5 rings (SSSR count). The fourth-order valence-corrected chi connectivity index (χ4v) is 5.94. The van der Waals surface area contributed by atoms with Gasteiger partial charge in [0.25, 0.3) is 11.5 Å². The van der Waals surface area contributed by atoms with Crippen LogP contribution >= 0.6 is 11.3 Å². The van der Waals surface area contributed by atoms with Crippen molar-refractivity contribution >= 4 is 27.5 Å². The molecule has 2 aromatic heterocycles. The summed E-state index contributed by atoms with van der Waals surface area (Å²) in [6, 6.07) is 7.87. The Labute approximate surface area is 179 Å². The number of aryl methyl sites for hydroxylation is 3. The first-order valence-electron chi connectivity index (χ1n) is 10.7. The number of aromatic nitrogens is 2. The average molecular weight is 423 g/mol. The number of piperidine rings is 1. The van der Waals surface area contributed by atoms with Crippen molar-refractivity contribution < 1.29 is 4.79 Å². The highest BCUT2D eigenvalue weighted by molar-refractivity contribution is 7.18. The third kappa shape index (κ3) is 3.68. The molecule has 0 atom stereocenters. The Morgan fingerprint density at radius 2 is 2.07 bits per heavy atom. The number of fused-ring (bicyclic) bond motifs is 3. The third-order valence-corrected chi connectivity index (χ3v) is 7.50. The summed E-state index contributed by atoms with van der Waals surface area (Å²) in [6.07, 6.45) is 5.02. The van der Waals surface area contributed by atoms with E-state index in [1.165, 1.54) is 10.4 Å². The first-order chi connectivity index (χ1) is 14.6. The zero-order chi connectivity index (χ0) is 20.7. The van der Waals surface area contributed by atoms with Crippen molar-refractivity contribution in [1.82, 2.24) is 20.2 Å². The summed E-state index contributed by atoms with van der Waals surface area (Å²) in [5.74, 6) is 0.753. The molecule has 1 aliphatic carbocycles. The lowest BCUT2D eigenvalue weighted by Gasteiger charge is -2.32. The molecule has 1 aromatic carbocycles. The van der Waals surface area contributed by atoms with E-state index >= 15 is 0 Å². The Balaban J connectivity index is 1.21. The van der Waals surface area contributed by atoms with Gasteiger partial charge in [0.15, 0.2) is 0 Å². The van der Waals surface area contributed by atoms with Crippen LogP contribution in [0.3, 0.4) is 0 Å². The Kier molecular flexibility index (Phi) is 5.16. The second kappa shape index (κ2) is 7.96. The molecule has 0 saturated carbocycles. The molecule has 1 saturated heterocycles. The van der Waals surface area contributed by atoms with Crippen molar-refractivity contribution in [2.75, 3.05) is 13.1 Å². The predicted octanol–water partition coefficient (Wildman–Crippen LogP) is 3.18. The first kappa shape index (κ1) is 19.5. The molecule has 7 heteroatoms. The summed E-state index contributed by atoms with van der Waals surface area (Å²) in [5, 5.41) is 3.99. The number of rotatable bonds is 4. The normalized spacial score (nSPS) is 17.4. The van der Waals surface area contributed by atoms with Gasteiger partial charge in [0.05, 0.1) is 11.9 Å². The number of hydrogen-bond donors (Lipinski definition) is 2. The minimum absolute atomic E-state index is 0.00809. The molecule has 3 aromatic rings. The van der Waals surface area contributed by atoms with Gasteiger partial charge in [-0.1, -0.05) is 18.2 Å². The fraction of sp³-hybridized carbons (Fsp3) is 0.435. The van der Waals surface area contributed by atoms with Crippen LogP contribution in [0.15, 0.2) is 29.1 Å². The molecule has 3 heterocycles. The Morgan fingerprint density at radius 3 is 2.87 bits per heavy atom. The highest BCUT2D eigenvalue weighted by Gasteiger charge is 2.24. The number of thiophene rings is 1. The van der Waals surface area contributed by atoms with Gasteiger partial charge in [-0.25, -0.2) is 4.98 Å². The zero-order valence-corrected chi connectivity index (χ0v) is 18.0. The second-order valence-corrected chi connectivity index (χ2v) is 9.47. The lowest BCUT2D eigenvalue weighted by molar-refractivity contribution is 0.0907. The van der Waals surface area contributed by atoms with E-state index in [0.717, 1.165) is 72.4 Å². The fourth-order valence-electron chi connectivity index (χ4n) is 4.66. The largest absolute Gasteiger partial charge is 0.349 e. The number of likely N-dealkylation sites (tertiary alicyclic amines) is 1. The number of aromatic amines is 1. The molecule has 1 aliphatic heterocycles. The number of carbonyl (C=O) groups excluding carboxylic acids is 1. The van der Waals surface area contributed by atoms with E-state index in [2.05, 4.69) is 15.2 Å². The lowest BCUT2D eigenvalue weighted by atomic mass is 10.0. The van der Waals surface area contributed by atoms with Gasteiger partial charge in [0, 0.05) is 29.6 Å². The first-order valence-corrected chi connectivity index (χ1v) is 11.5. The molecule has 0 spiro atoms. The topological polar surface area (TPSA) is 78.1 Å². The Hall–Kier alpha value is -2.51. The molecule has 2 aliphatic rings. The lowest BCUT2D eigenvalue weighted by Crippen LogP contribution is -2.44. The Bertz CT molecular complexity index is 1160. The summed E-state index contributed by atoms with van der Waals surface area (Å²) in [4.78, 5) is 37.5. The van der Waals surface area contributed by atoms with Gasteiger partial charge < -0.3 is 10.3 Å². The predicted molar refractivity (Wildman–Crippen MR) is 119 cm³/mol. The van der Waals surface area contributed by atoms with Crippen molar-refractivity contribution in [3.63, 3.8) is 0 Å². The molecule has 0 unspecified atom stereocenters. The maximum absolute atomic E-state index is 12.6. The minimum Gasteiger partial charge on any atom is -0.349 e. The van der Waals surface area contributed by atoms with E-state index < -0.39 is 0 Å². The zero-order valence-electron chi connectivity index (χ0n) is 17.2. The summed E-state index contributed by atoms with van der Waals surface area (Å²) in [5.41, 5.74) is 2.98. The summed E-state index contributed by atoms with van der Waals surface area (Å²) >= 11 is 1.69. The highest BCUT2D eigenvalue weighted by atomic mass is 32.1. The smallest absolute Gasteiger partial charge is 0.259 e. The van der Waals surface area contributed by atoms with Crippen LogP contribution in [-0.2, 0) is 19.4 Å². The standard InChI is InChI=1S/C23H26N4O2S/c1-14-5-2-3-6-16(14)21(28)24-15-9-11-27(12-10-15)13-19-25-22(29)20-17-7-4-8-18(17)30-23(20)26-19/h2-3,5-6,15H,4,7-13H2,1H3,(H,24,28)(H,25,26,29). The van der Waals surface area contributed by atoms with E-state index in [4.69, 9.17) is 4.98 Å². The molecule has 0 bridgehead atoms. The Morgan fingerprint density at radius 1 is 1.27 bits per heavy atom. The van der Waals surface area contributed by atoms with E-state index in [0.29, 0.717) is 6.54 Å². The summed E-state index contributed by atoms with van der Waals surface area (Å²) in [6.45, 7) is 4.36. The van der Waals surface area contributed by atoms with Crippen molar-refractivity contribution in [2.45, 2.75) is 51.6 Å².